The van der Waals surface area contributed by atoms with Crippen LogP contribution in [-0.2, 0) is 10.3 Å². The van der Waals surface area contributed by atoms with Crippen molar-refractivity contribution < 1.29 is 10.6 Å². The molecule has 1 aliphatic heterocycles. The molecule has 1 saturated carbocycles. The van der Waals surface area contributed by atoms with Crippen molar-refractivity contribution in [2.24, 2.45) is 5.92 Å². The molecule has 180 valence electrons. The predicted octanol–water partition coefficient (Wildman–Crippen LogP) is 7.06. The van der Waals surface area contributed by atoms with E-state index in [1.54, 1.807) is 6.08 Å². The van der Waals surface area contributed by atoms with E-state index in [-0.39, 0.29) is 12.8 Å². The van der Waals surface area contributed by atoms with Crippen LogP contribution in [0.3, 0.4) is 0 Å². The van der Waals surface area contributed by atoms with Crippen molar-refractivity contribution in [2.75, 3.05) is 11.9 Å². The van der Waals surface area contributed by atoms with Crippen LogP contribution in [-0.4, -0.2) is 26.7 Å². The second-order valence-corrected chi connectivity index (χ2v) is 9.78. The molecule has 1 atom stereocenters. The molecular weight excluding hydrogens is 415 g/mol. The van der Waals surface area contributed by atoms with Crippen LogP contribution < -0.4 is 5.32 Å². The molecule has 0 aromatic carbocycles. The number of pyridine rings is 1. The molecule has 33 heavy (non-hydrogen) atoms. The van der Waals surface area contributed by atoms with E-state index < -0.39 is 5.60 Å². The molecule has 2 aromatic heterocycles. The van der Waals surface area contributed by atoms with Gasteiger partial charge < -0.3 is 10.1 Å². The Morgan fingerprint density at radius 2 is 2.03 bits per heavy atom. The summed E-state index contributed by atoms with van der Waals surface area (Å²) in [6.45, 7) is 11.0. The number of hydrogen-bond donors (Lipinski definition) is 1. The Bertz CT molecular complexity index is 1040. The van der Waals surface area contributed by atoms with E-state index in [1.165, 1.54) is 11.8 Å². The fourth-order valence-corrected chi connectivity index (χ4v) is 5.26. The first-order chi connectivity index (χ1) is 15.9. The van der Waals surface area contributed by atoms with Gasteiger partial charge in [0.15, 0.2) is 5.82 Å². The van der Waals surface area contributed by atoms with Crippen molar-refractivity contribution >= 4 is 5.69 Å². The van der Waals surface area contributed by atoms with Crippen molar-refractivity contribution in [1.82, 2.24) is 14.5 Å². The molecule has 0 radical (unpaired) electrons. The van der Waals surface area contributed by atoms with Crippen LogP contribution in [0.15, 0.2) is 48.6 Å². The van der Waals surface area contributed by atoms with Gasteiger partial charge in [-0.05, 0) is 69.2 Å². The molecule has 0 bridgehead atoms. The predicted molar refractivity (Wildman–Crippen MR) is 133 cm³/mol. The Balaban J connectivity index is 0.00000105. The summed E-state index contributed by atoms with van der Waals surface area (Å²) in [5, 5.41) is 3.83. The van der Waals surface area contributed by atoms with Gasteiger partial charge in [0.25, 0.3) is 0 Å². The van der Waals surface area contributed by atoms with Gasteiger partial charge in [-0.1, -0.05) is 33.8 Å². The molecule has 6 heteroatoms. The molecule has 1 N–H and O–H groups in total. The smallest absolute Gasteiger partial charge is 0.161 e. The molecule has 5 nitrogen and oxygen atoms in total. The molecule has 1 spiro atoms. The third-order valence-electron chi connectivity index (χ3n) is 7.02. The molecule has 1 unspecified atom stereocenters. The van der Waals surface area contributed by atoms with Crippen LogP contribution in [0.1, 0.15) is 85.6 Å². The van der Waals surface area contributed by atoms with E-state index in [2.05, 4.69) is 34.8 Å². The number of rotatable bonds is 4. The quantitative estimate of drug-likeness (QED) is 0.537. The lowest BCUT2D eigenvalue weighted by molar-refractivity contribution is -0.0237. The summed E-state index contributed by atoms with van der Waals surface area (Å²) in [7, 11) is 0. The fraction of sp³-hybridized carbons (Fsp3) is 0.556. The van der Waals surface area contributed by atoms with E-state index in [0.29, 0.717) is 18.4 Å². The minimum absolute atomic E-state index is 0. The molecular formula is C27H39FN4O. The Hall–Kier alpha value is -2.47. The SMILES string of the molecule is CC.CC(C)c1ncc2n1-c1ncccc1NC21CCC(COC2(C)C=C(F)C=CC2)CC1.[HH]. The highest BCUT2D eigenvalue weighted by Crippen LogP contribution is 2.47. The first-order valence-electron chi connectivity index (χ1n) is 12.4. The number of nitrogens with one attached hydrogen (secondary N) is 1. The van der Waals surface area contributed by atoms with Gasteiger partial charge in [0.05, 0.1) is 35.3 Å². The van der Waals surface area contributed by atoms with Gasteiger partial charge in [0.2, 0.25) is 0 Å². The average Bonchev–Trinajstić information content (AvgIpc) is 3.27. The Labute approximate surface area is 198 Å². The van der Waals surface area contributed by atoms with Crippen LogP contribution in [0.5, 0.6) is 0 Å². The van der Waals surface area contributed by atoms with Gasteiger partial charge in [0.1, 0.15) is 11.7 Å². The first-order valence-corrected chi connectivity index (χ1v) is 12.4. The van der Waals surface area contributed by atoms with Crippen LogP contribution in [0, 0.1) is 5.92 Å². The number of allylic oxidation sites excluding steroid dienone is 2. The fourth-order valence-electron chi connectivity index (χ4n) is 5.26. The second-order valence-electron chi connectivity index (χ2n) is 9.78. The maximum atomic E-state index is 13.7. The van der Waals surface area contributed by atoms with E-state index in [0.717, 1.165) is 49.4 Å². The summed E-state index contributed by atoms with van der Waals surface area (Å²) in [5.41, 5.74) is 1.63. The van der Waals surface area contributed by atoms with Crippen molar-refractivity contribution in [3.63, 3.8) is 0 Å². The molecule has 5 rings (SSSR count). The number of imidazole rings is 1. The number of fused-ring (bicyclic) bond motifs is 4. The van der Waals surface area contributed by atoms with Crippen molar-refractivity contribution in [1.29, 1.82) is 0 Å². The zero-order valence-corrected chi connectivity index (χ0v) is 20.6. The van der Waals surface area contributed by atoms with Crippen LogP contribution in [0.2, 0.25) is 0 Å². The maximum Gasteiger partial charge on any atom is 0.161 e. The van der Waals surface area contributed by atoms with Crippen molar-refractivity contribution in [3.8, 4) is 5.82 Å². The summed E-state index contributed by atoms with van der Waals surface area (Å²) in [6.07, 6.45) is 13.7. The third-order valence-corrected chi connectivity index (χ3v) is 7.02. The second kappa shape index (κ2) is 9.41. The molecule has 2 aromatic rings. The van der Waals surface area contributed by atoms with Gasteiger partial charge in [-0.3, -0.25) is 4.57 Å². The number of halogens is 1. The van der Waals surface area contributed by atoms with Gasteiger partial charge in [-0.2, -0.15) is 0 Å². The zero-order chi connectivity index (χ0) is 23.6. The van der Waals surface area contributed by atoms with Crippen LogP contribution >= 0.6 is 0 Å². The lowest BCUT2D eigenvalue weighted by atomic mass is 9.74. The highest BCUT2D eigenvalue weighted by atomic mass is 19.1. The molecule has 3 heterocycles. The van der Waals surface area contributed by atoms with Gasteiger partial charge >= 0.3 is 0 Å². The topological polar surface area (TPSA) is 52.0 Å². The number of aromatic nitrogens is 3. The number of nitrogens with zero attached hydrogens (tertiary/aromatic N) is 3. The van der Waals surface area contributed by atoms with Crippen LogP contribution in [0.25, 0.3) is 5.82 Å². The van der Waals surface area contributed by atoms with E-state index in [9.17, 15) is 4.39 Å². The molecule has 0 saturated heterocycles. The van der Waals surface area contributed by atoms with Gasteiger partial charge in [-0.25, -0.2) is 14.4 Å². The molecule has 3 aliphatic rings. The number of anilines is 1. The summed E-state index contributed by atoms with van der Waals surface area (Å²) >= 11 is 0. The normalized spacial score (nSPS) is 27.8. The third kappa shape index (κ3) is 4.50. The first kappa shape index (κ1) is 23.7. The highest BCUT2D eigenvalue weighted by molar-refractivity contribution is 5.63. The molecule has 0 amide bonds. The lowest BCUT2D eigenvalue weighted by Gasteiger charge is -2.45. The maximum absolute atomic E-state index is 13.7. The Morgan fingerprint density at radius 3 is 2.73 bits per heavy atom. The van der Waals surface area contributed by atoms with Crippen LogP contribution in [0.4, 0.5) is 10.1 Å². The minimum atomic E-state index is -0.535. The van der Waals surface area contributed by atoms with Gasteiger partial charge in [0, 0.05) is 13.5 Å². The zero-order valence-electron chi connectivity index (χ0n) is 20.6. The number of ether oxygens (including phenoxy) is 1. The Morgan fingerprint density at radius 1 is 1.27 bits per heavy atom. The Kier molecular flexibility index (Phi) is 6.76. The average molecular weight is 455 g/mol. The largest absolute Gasteiger partial charge is 0.371 e. The van der Waals surface area contributed by atoms with E-state index in [4.69, 9.17) is 9.72 Å². The molecule has 1 fully saturated rings. The number of hydrogen-bond acceptors (Lipinski definition) is 4. The van der Waals surface area contributed by atoms with Crippen molar-refractivity contribution in [2.45, 2.75) is 83.8 Å². The van der Waals surface area contributed by atoms with E-state index >= 15 is 0 Å². The monoisotopic (exact) mass is 454 g/mol. The highest BCUT2D eigenvalue weighted by Gasteiger charge is 2.44. The standard InChI is InChI=1S/C25H31FN4O.C2H6.H2/c1-17(2)22-28-15-21-25(29-20-7-5-13-27-23(20)30(21)22)11-8-18(9-12-25)16-31-24(3)10-4-6-19(26)14-24;1-2;/h4-7,13-15,17-18,29H,8-12,16H2,1-3H3;1-2H3;1H. The molecule has 2 aliphatic carbocycles. The summed E-state index contributed by atoms with van der Waals surface area (Å²) < 4.78 is 22.2. The van der Waals surface area contributed by atoms with E-state index in [1.807, 2.05) is 45.3 Å². The summed E-state index contributed by atoms with van der Waals surface area (Å²) in [5.74, 6) is 2.60. The summed E-state index contributed by atoms with van der Waals surface area (Å²) in [4.78, 5) is 9.45. The lowest BCUT2D eigenvalue weighted by Crippen LogP contribution is -2.44. The summed E-state index contributed by atoms with van der Waals surface area (Å²) in [6, 6.07) is 4.10. The van der Waals surface area contributed by atoms with Gasteiger partial charge in [-0.15, -0.1) is 0 Å². The van der Waals surface area contributed by atoms with Crippen molar-refractivity contribution in [3.05, 3.63) is 60.1 Å². The minimum Gasteiger partial charge on any atom is -0.371 e.